The highest BCUT2D eigenvalue weighted by Gasteiger charge is 2.33. The van der Waals surface area contributed by atoms with Crippen LogP contribution in [0.15, 0.2) is 22.7 Å². The molecule has 1 rings (SSSR count). The van der Waals surface area contributed by atoms with Gasteiger partial charge in [-0.3, -0.25) is 0 Å². The van der Waals surface area contributed by atoms with Crippen molar-refractivity contribution in [1.82, 2.24) is 0 Å². The van der Waals surface area contributed by atoms with Gasteiger partial charge < -0.3 is 5.11 Å². The molecule has 1 nitrogen and oxygen atoms in total. The van der Waals surface area contributed by atoms with Gasteiger partial charge in [0.1, 0.15) is 10.9 Å². The van der Waals surface area contributed by atoms with Crippen LogP contribution in [-0.4, -0.2) is 9.94 Å². The van der Waals surface area contributed by atoms with E-state index in [1.807, 2.05) is 0 Å². The fourth-order valence-corrected chi connectivity index (χ4v) is 1.85. The molecule has 0 fully saturated rings. The highest BCUT2D eigenvalue weighted by Crippen LogP contribution is 2.37. The number of rotatable bonds is 2. The number of benzene rings is 1. The molecule has 0 spiro atoms. The SMILES string of the molecule is OC(c1ccc(Br)c(C(F)(F)F)c1)C(Cl)Cl. The molecule has 1 atom stereocenters. The lowest BCUT2D eigenvalue weighted by Crippen LogP contribution is -2.10. The van der Waals surface area contributed by atoms with E-state index in [-0.39, 0.29) is 10.0 Å². The molecular formula is C9H6BrCl2F3O. The standard InChI is InChI=1S/C9H6BrCl2F3O/c10-6-2-1-4(7(16)8(11)12)3-5(6)9(13,14)15/h1-3,7-8,16H. The first-order valence-corrected chi connectivity index (χ1v) is 5.73. The van der Waals surface area contributed by atoms with Gasteiger partial charge in [-0.15, -0.1) is 23.2 Å². The molecule has 1 unspecified atom stereocenters. The van der Waals surface area contributed by atoms with Gasteiger partial charge in [-0.25, -0.2) is 0 Å². The maximum atomic E-state index is 12.5. The second-order valence-electron chi connectivity index (χ2n) is 3.02. The van der Waals surface area contributed by atoms with Crippen LogP contribution in [0, 0.1) is 0 Å². The third-order valence-electron chi connectivity index (χ3n) is 1.88. The summed E-state index contributed by atoms with van der Waals surface area (Å²) >= 11 is 13.6. The molecule has 0 aliphatic rings. The quantitative estimate of drug-likeness (QED) is 0.797. The van der Waals surface area contributed by atoms with Crippen LogP contribution >= 0.6 is 39.1 Å². The van der Waals surface area contributed by atoms with E-state index in [4.69, 9.17) is 23.2 Å². The van der Waals surface area contributed by atoms with E-state index in [9.17, 15) is 18.3 Å². The zero-order valence-corrected chi connectivity index (χ0v) is 10.7. The fourth-order valence-electron chi connectivity index (χ4n) is 1.09. The number of hydrogen-bond donors (Lipinski definition) is 1. The Balaban J connectivity index is 3.18. The first-order valence-electron chi connectivity index (χ1n) is 4.06. The predicted octanol–water partition coefficient (Wildman–Crippen LogP) is 4.31. The lowest BCUT2D eigenvalue weighted by molar-refractivity contribution is -0.138. The van der Waals surface area contributed by atoms with Gasteiger partial charge in [0.2, 0.25) is 0 Å². The molecule has 90 valence electrons. The Kier molecular flexibility index (Phi) is 4.51. The maximum Gasteiger partial charge on any atom is 0.417 e. The summed E-state index contributed by atoms with van der Waals surface area (Å²) in [7, 11) is 0. The molecular weight excluding hydrogens is 332 g/mol. The molecule has 1 aromatic rings. The first kappa shape index (κ1) is 14.1. The van der Waals surface area contributed by atoms with E-state index in [0.29, 0.717) is 0 Å². The van der Waals surface area contributed by atoms with Crippen LogP contribution in [0.5, 0.6) is 0 Å². The average Bonchev–Trinajstić information content (AvgIpc) is 2.15. The first-order chi connectivity index (χ1) is 7.23. The van der Waals surface area contributed by atoms with Crippen molar-refractivity contribution in [3.63, 3.8) is 0 Å². The second-order valence-corrected chi connectivity index (χ2v) is 5.03. The summed E-state index contributed by atoms with van der Waals surface area (Å²) in [6.45, 7) is 0. The topological polar surface area (TPSA) is 20.2 Å². The van der Waals surface area contributed by atoms with Crippen molar-refractivity contribution in [1.29, 1.82) is 0 Å². The van der Waals surface area contributed by atoms with Crippen molar-refractivity contribution in [3.8, 4) is 0 Å². The van der Waals surface area contributed by atoms with Gasteiger partial charge in [0.25, 0.3) is 0 Å². The summed E-state index contributed by atoms with van der Waals surface area (Å²) < 4.78 is 37.4. The molecule has 0 saturated heterocycles. The van der Waals surface area contributed by atoms with Gasteiger partial charge >= 0.3 is 6.18 Å². The Bertz CT molecular complexity index is 382. The van der Waals surface area contributed by atoms with Gasteiger partial charge in [0.05, 0.1) is 5.56 Å². The molecule has 0 aliphatic carbocycles. The zero-order valence-electron chi connectivity index (χ0n) is 7.60. The number of aliphatic hydroxyl groups is 1. The summed E-state index contributed by atoms with van der Waals surface area (Å²) in [6.07, 6.45) is -5.85. The van der Waals surface area contributed by atoms with Gasteiger partial charge in [-0.2, -0.15) is 13.2 Å². The molecule has 16 heavy (non-hydrogen) atoms. The van der Waals surface area contributed by atoms with Gasteiger partial charge in [-0.05, 0) is 17.7 Å². The van der Waals surface area contributed by atoms with Crippen molar-refractivity contribution in [2.45, 2.75) is 17.1 Å². The molecule has 0 radical (unpaired) electrons. The van der Waals surface area contributed by atoms with Crippen LogP contribution in [0.2, 0.25) is 0 Å². The Hall–Kier alpha value is 0.0300. The third kappa shape index (κ3) is 3.26. The van der Waals surface area contributed by atoms with Crippen LogP contribution in [0.25, 0.3) is 0 Å². The van der Waals surface area contributed by atoms with E-state index in [1.165, 1.54) is 12.1 Å². The average molecular weight is 338 g/mol. The molecule has 0 amide bonds. The maximum absolute atomic E-state index is 12.5. The predicted molar refractivity (Wildman–Crippen MR) is 59.6 cm³/mol. The number of alkyl halides is 5. The summed E-state index contributed by atoms with van der Waals surface area (Å²) in [5, 5.41) is 9.43. The van der Waals surface area contributed by atoms with Gasteiger partial charge in [0, 0.05) is 4.47 Å². The fraction of sp³-hybridized carbons (Fsp3) is 0.333. The van der Waals surface area contributed by atoms with Crippen molar-refractivity contribution in [3.05, 3.63) is 33.8 Å². The molecule has 7 heteroatoms. The number of aliphatic hydroxyl groups excluding tert-OH is 1. The molecule has 0 bridgehead atoms. The molecule has 1 aromatic carbocycles. The minimum Gasteiger partial charge on any atom is -0.386 e. The van der Waals surface area contributed by atoms with Crippen LogP contribution < -0.4 is 0 Å². The van der Waals surface area contributed by atoms with E-state index < -0.39 is 22.7 Å². The normalized spacial score (nSPS) is 14.2. The highest BCUT2D eigenvalue weighted by atomic mass is 79.9. The largest absolute Gasteiger partial charge is 0.417 e. The Morgan fingerprint density at radius 1 is 1.25 bits per heavy atom. The van der Waals surface area contributed by atoms with Crippen LogP contribution in [0.1, 0.15) is 17.2 Å². The van der Waals surface area contributed by atoms with Crippen molar-refractivity contribution < 1.29 is 18.3 Å². The van der Waals surface area contributed by atoms with Crippen LogP contribution in [0.3, 0.4) is 0 Å². The molecule has 1 N–H and O–H groups in total. The van der Waals surface area contributed by atoms with Crippen molar-refractivity contribution >= 4 is 39.1 Å². The van der Waals surface area contributed by atoms with E-state index in [0.717, 1.165) is 6.07 Å². The Morgan fingerprint density at radius 2 is 1.81 bits per heavy atom. The highest BCUT2D eigenvalue weighted by molar-refractivity contribution is 9.10. The summed E-state index contributed by atoms with van der Waals surface area (Å²) in [6, 6.07) is 3.33. The lowest BCUT2D eigenvalue weighted by Gasteiger charge is -2.15. The van der Waals surface area contributed by atoms with E-state index in [1.54, 1.807) is 0 Å². The summed E-state index contributed by atoms with van der Waals surface area (Å²) in [4.78, 5) is -1.18. The summed E-state index contributed by atoms with van der Waals surface area (Å²) in [5.41, 5.74) is -0.858. The van der Waals surface area contributed by atoms with Crippen molar-refractivity contribution in [2.75, 3.05) is 0 Å². The number of halogens is 6. The van der Waals surface area contributed by atoms with E-state index in [2.05, 4.69) is 15.9 Å². The lowest BCUT2D eigenvalue weighted by atomic mass is 10.1. The molecule has 0 aliphatic heterocycles. The van der Waals surface area contributed by atoms with Crippen molar-refractivity contribution in [2.24, 2.45) is 0 Å². The smallest absolute Gasteiger partial charge is 0.386 e. The second kappa shape index (κ2) is 5.12. The van der Waals surface area contributed by atoms with Gasteiger partial charge in [0.15, 0.2) is 0 Å². The monoisotopic (exact) mass is 336 g/mol. The molecule has 0 heterocycles. The minimum absolute atomic E-state index is 0.0190. The third-order valence-corrected chi connectivity index (χ3v) is 3.04. The Labute approximate surface area is 108 Å². The molecule has 0 aromatic heterocycles. The van der Waals surface area contributed by atoms with Crippen LogP contribution in [0.4, 0.5) is 13.2 Å². The minimum atomic E-state index is -4.50. The number of hydrogen-bond acceptors (Lipinski definition) is 1. The zero-order chi connectivity index (χ0) is 12.5. The Morgan fingerprint density at radius 3 is 2.25 bits per heavy atom. The summed E-state index contributed by atoms with van der Waals surface area (Å²) in [5.74, 6) is 0. The van der Waals surface area contributed by atoms with E-state index >= 15 is 0 Å². The molecule has 0 saturated carbocycles. The van der Waals surface area contributed by atoms with Gasteiger partial charge in [-0.1, -0.05) is 22.0 Å². The van der Waals surface area contributed by atoms with Crippen LogP contribution in [-0.2, 0) is 6.18 Å².